The van der Waals surface area contributed by atoms with E-state index in [-0.39, 0.29) is 5.91 Å². The van der Waals surface area contributed by atoms with Crippen molar-refractivity contribution in [1.82, 2.24) is 0 Å². The number of hydrogen-bond donors (Lipinski definition) is 2. The predicted molar refractivity (Wildman–Crippen MR) is 82.8 cm³/mol. The number of carbonyl (C=O) groups is 1. The van der Waals surface area contributed by atoms with E-state index >= 15 is 0 Å². The Bertz CT molecular complexity index is 765. The largest absolute Gasteiger partial charge is 0.384 e. The summed E-state index contributed by atoms with van der Waals surface area (Å²) >= 11 is 5.91. The summed E-state index contributed by atoms with van der Waals surface area (Å²) in [5.74, 6) is -0.259. The lowest BCUT2D eigenvalue weighted by Crippen LogP contribution is -2.13. The van der Waals surface area contributed by atoms with E-state index < -0.39 is 0 Å². The number of rotatable bonds is 2. The number of amides is 1. The lowest BCUT2D eigenvalue weighted by molar-refractivity contribution is 0.102. The smallest absolute Gasteiger partial charge is 0.255 e. The van der Waals surface area contributed by atoms with E-state index in [1.165, 1.54) is 5.56 Å². The van der Waals surface area contributed by atoms with Crippen molar-refractivity contribution < 1.29 is 4.79 Å². The van der Waals surface area contributed by atoms with Crippen LogP contribution in [0.2, 0.25) is 5.02 Å². The summed E-state index contributed by atoms with van der Waals surface area (Å²) in [5.41, 5.74) is 3.56. The number of fused-ring (bicyclic) bond motifs is 1. The lowest BCUT2D eigenvalue weighted by atomic mass is 10.1. The molecule has 104 valence electrons. The number of nitrogens with one attached hydrogen (secondary N) is 2. The monoisotopic (exact) mass is 297 g/mol. The van der Waals surface area contributed by atoms with Crippen LogP contribution in [0.1, 0.15) is 21.5 Å². The van der Waals surface area contributed by atoms with Gasteiger partial charge in [-0.15, -0.1) is 0 Å². The Morgan fingerprint density at radius 1 is 1.29 bits per heavy atom. The summed E-state index contributed by atoms with van der Waals surface area (Å²) in [6, 6.07) is 12.4. The zero-order valence-corrected chi connectivity index (χ0v) is 11.9. The van der Waals surface area contributed by atoms with E-state index in [1.54, 1.807) is 24.3 Å². The van der Waals surface area contributed by atoms with Gasteiger partial charge in [-0.3, -0.25) is 4.79 Å². The average molecular weight is 298 g/mol. The van der Waals surface area contributed by atoms with Gasteiger partial charge in [0.15, 0.2) is 0 Å². The van der Waals surface area contributed by atoms with Gasteiger partial charge in [0, 0.05) is 22.8 Å². The van der Waals surface area contributed by atoms with Gasteiger partial charge >= 0.3 is 0 Å². The molecule has 0 radical (unpaired) electrons. The molecule has 0 spiro atoms. The molecule has 0 saturated carbocycles. The van der Waals surface area contributed by atoms with Crippen molar-refractivity contribution >= 4 is 28.9 Å². The van der Waals surface area contributed by atoms with E-state index in [0.717, 1.165) is 18.7 Å². The molecule has 3 rings (SSSR count). The summed E-state index contributed by atoms with van der Waals surface area (Å²) < 4.78 is 0. The van der Waals surface area contributed by atoms with Gasteiger partial charge in [0.1, 0.15) is 6.07 Å². The Hall–Kier alpha value is -2.51. The molecule has 5 heteroatoms. The molecule has 1 aliphatic rings. The van der Waals surface area contributed by atoms with Crippen molar-refractivity contribution in [2.45, 2.75) is 6.42 Å². The predicted octanol–water partition coefficient (Wildman–Crippen LogP) is 3.43. The highest BCUT2D eigenvalue weighted by atomic mass is 35.5. The van der Waals surface area contributed by atoms with Crippen molar-refractivity contribution in [3.63, 3.8) is 0 Å². The van der Waals surface area contributed by atoms with Crippen LogP contribution in [0.15, 0.2) is 36.4 Å². The number of carbonyl (C=O) groups excluding carboxylic acids is 1. The number of halogens is 1. The van der Waals surface area contributed by atoms with Gasteiger partial charge in [-0.2, -0.15) is 5.26 Å². The molecule has 1 aliphatic heterocycles. The van der Waals surface area contributed by atoms with Gasteiger partial charge in [0.05, 0.1) is 11.3 Å². The molecule has 1 heterocycles. The Balaban J connectivity index is 1.87. The topological polar surface area (TPSA) is 64.9 Å². The minimum absolute atomic E-state index is 0.259. The number of benzene rings is 2. The maximum absolute atomic E-state index is 12.3. The number of nitriles is 1. The normalized spacial score (nSPS) is 12.2. The Morgan fingerprint density at radius 3 is 2.95 bits per heavy atom. The highest BCUT2D eigenvalue weighted by molar-refractivity contribution is 6.31. The highest BCUT2D eigenvalue weighted by Gasteiger charge is 2.14. The fraction of sp³-hybridized carbons (Fsp3) is 0.125. The zero-order chi connectivity index (χ0) is 14.8. The summed E-state index contributed by atoms with van der Waals surface area (Å²) in [6.45, 7) is 0.896. The number of anilines is 2. The lowest BCUT2D eigenvalue weighted by Gasteiger charge is -2.09. The van der Waals surface area contributed by atoms with Crippen molar-refractivity contribution in [1.29, 1.82) is 5.26 Å². The summed E-state index contributed by atoms with van der Waals surface area (Å²) in [4.78, 5) is 12.3. The van der Waals surface area contributed by atoms with Crippen molar-refractivity contribution in [3.05, 3.63) is 58.1 Å². The third-order valence-electron chi connectivity index (χ3n) is 3.43. The van der Waals surface area contributed by atoms with Gasteiger partial charge in [0.25, 0.3) is 5.91 Å². The third kappa shape index (κ3) is 2.69. The van der Waals surface area contributed by atoms with Crippen LogP contribution < -0.4 is 10.6 Å². The molecule has 0 bridgehead atoms. The molecular formula is C16H12ClN3O. The van der Waals surface area contributed by atoms with Crippen LogP contribution >= 0.6 is 11.6 Å². The standard InChI is InChI=1S/C16H12ClN3O/c17-13-4-3-12(9-18)15(8-13)20-16(21)11-2-1-10-5-6-19-14(10)7-11/h1-4,7-8,19H,5-6H2,(H,20,21). The molecule has 0 fully saturated rings. The second-order valence-electron chi connectivity index (χ2n) is 4.80. The minimum atomic E-state index is -0.259. The van der Waals surface area contributed by atoms with Crippen LogP contribution in [0.3, 0.4) is 0 Å². The Morgan fingerprint density at radius 2 is 2.14 bits per heavy atom. The van der Waals surface area contributed by atoms with Gasteiger partial charge in [-0.05, 0) is 42.3 Å². The highest BCUT2D eigenvalue weighted by Crippen LogP contribution is 2.25. The fourth-order valence-corrected chi connectivity index (χ4v) is 2.52. The first kappa shape index (κ1) is 13.5. The van der Waals surface area contributed by atoms with Gasteiger partial charge in [-0.25, -0.2) is 0 Å². The maximum atomic E-state index is 12.3. The number of nitrogens with zero attached hydrogens (tertiary/aromatic N) is 1. The van der Waals surface area contributed by atoms with Crippen LogP contribution in [0, 0.1) is 11.3 Å². The van der Waals surface area contributed by atoms with Crippen molar-refractivity contribution in [3.8, 4) is 6.07 Å². The van der Waals surface area contributed by atoms with Crippen LogP contribution in [0.4, 0.5) is 11.4 Å². The number of hydrogen-bond acceptors (Lipinski definition) is 3. The molecule has 0 atom stereocenters. The molecule has 0 aliphatic carbocycles. The van der Waals surface area contributed by atoms with Crippen LogP contribution in [0.25, 0.3) is 0 Å². The first-order valence-electron chi connectivity index (χ1n) is 6.55. The van der Waals surface area contributed by atoms with E-state index in [0.29, 0.717) is 21.8 Å². The van der Waals surface area contributed by atoms with Crippen LogP contribution in [0.5, 0.6) is 0 Å². The molecule has 1 amide bonds. The molecule has 0 aromatic heterocycles. The zero-order valence-electron chi connectivity index (χ0n) is 11.1. The molecular weight excluding hydrogens is 286 g/mol. The SMILES string of the molecule is N#Cc1ccc(Cl)cc1NC(=O)c1ccc2c(c1)NCC2. The Labute approximate surface area is 127 Å². The third-order valence-corrected chi connectivity index (χ3v) is 3.67. The van der Waals surface area contributed by atoms with E-state index in [4.69, 9.17) is 16.9 Å². The van der Waals surface area contributed by atoms with Crippen molar-refractivity contribution in [2.75, 3.05) is 17.2 Å². The van der Waals surface area contributed by atoms with Crippen LogP contribution in [-0.2, 0) is 6.42 Å². The molecule has 0 saturated heterocycles. The van der Waals surface area contributed by atoms with Crippen molar-refractivity contribution in [2.24, 2.45) is 0 Å². The molecule has 2 aromatic carbocycles. The average Bonchev–Trinajstić information content (AvgIpc) is 2.94. The molecule has 2 aromatic rings. The minimum Gasteiger partial charge on any atom is -0.384 e. The Kier molecular flexibility index (Phi) is 3.51. The molecule has 21 heavy (non-hydrogen) atoms. The van der Waals surface area contributed by atoms with Crippen LogP contribution in [-0.4, -0.2) is 12.5 Å². The van der Waals surface area contributed by atoms with Gasteiger partial charge in [0.2, 0.25) is 0 Å². The summed E-state index contributed by atoms with van der Waals surface area (Å²) in [5, 5.41) is 15.5. The van der Waals surface area contributed by atoms with E-state index in [1.807, 2.05) is 18.2 Å². The van der Waals surface area contributed by atoms with E-state index in [9.17, 15) is 4.79 Å². The first-order chi connectivity index (χ1) is 10.2. The summed E-state index contributed by atoms with van der Waals surface area (Å²) in [6.07, 6.45) is 0.976. The molecule has 2 N–H and O–H groups in total. The van der Waals surface area contributed by atoms with Gasteiger partial charge < -0.3 is 10.6 Å². The van der Waals surface area contributed by atoms with Gasteiger partial charge in [-0.1, -0.05) is 17.7 Å². The second-order valence-corrected chi connectivity index (χ2v) is 5.24. The maximum Gasteiger partial charge on any atom is 0.255 e. The quantitative estimate of drug-likeness (QED) is 0.892. The van der Waals surface area contributed by atoms with E-state index in [2.05, 4.69) is 10.6 Å². The first-order valence-corrected chi connectivity index (χ1v) is 6.93. The molecule has 0 unspecified atom stereocenters. The second kappa shape index (κ2) is 5.47. The molecule has 4 nitrogen and oxygen atoms in total. The summed E-state index contributed by atoms with van der Waals surface area (Å²) in [7, 11) is 0. The fourth-order valence-electron chi connectivity index (χ4n) is 2.34.